The molecule has 0 aromatic carbocycles. The smallest absolute Gasteiger partial charge is 0.426 e. The van der Waals surface area contributed by atoms with Crippen molar-refractivity contribution in [2.75, 3.05) is 19.7 Å². The molecule has 24 heavy (non-hydrogen) atoms. The zero-order valence-electron chi connectivity index (χ0n) is 14.6. The fraction of sp³-hybridized carbons (Fsp3) is 0.812. The van der Waals surface area contributed by atoms with Crippen LogP contribution in [0.25, 0.3) is 0 Å². The van der Waals surface area contributed by atoms with E-state index in [4.69, 9.17) is 9.47 Å². The Morgan fingerprint density at radius 2 is 2.12 bits per heavy atom. The Bertz CT molecular complexity index is 483. The molecule has 0 saturated carbocycles. The molecule has 2 heterocycles. The normalized spacial score (nSPS) is 24.1. The predicted octanol–water partition coefficient (Wildman–Crippen LogP) is 0.960. The number of nitrogens with zero attached hydrogens (tertiary/aromatic N) is 1. The monoisotopic (exact) mass is 341 g/mol. The molecular weight excluding hydrogens is 314 g/mol. The van der Waals surface area contributed by atoms with Crippen molar-refractivity contribution in [2.24, 2.45) is 5.92 Å². The van der Waals surface area contributed by atoms with E-state index in [9.17, 15) is 14.4 Å². The third-order valence-electron chi connectivity index (χ3n) is 3.91. The van der Waals surface area contributed by atoms with E-state index in [0.717, 1.165) is 30.9 Å². The standard InChI is InChI=1S/C16H27N3O5/c1-16(2,3)24-15(22)18-19-10-11(9-13(19)20)14(21)17-7-6-12-5-4-8-23-12/h11-12H,4-10H2,1-3H3,(H,17,21)(H,18,22). The molecule has 3 amide bonds. The van der Waals surface area contributed by atoms with Gasteiger partial charge in [0, 0.05) is 19.6 Å². The Labute approximate surface area is 142 Å². The fourth-order valence-corrected chi connectivity index (χ4v) is 2.78. The second kappa shape index (κ2) is 7.83. The lowest BCUT2D eigenvalue weighted by Crippen LogP contribution is -2.46. The average Bonchev–Trinajstić information content (AvgIpc) is 3.07. The van der Waals surface area contributed by atoms with Crippen LogP contribution in [0.4, 0.5) is 4.79 Å². The van der Waals surface area contributed by atoms with Gasteiger partial charge in [0.1, 0.15) is 5.60 Å². The molecule has 0 radical (unpaired) electrons. The molecule has 2 rings (SSSR count). The van der Waals surface area contributed by atoms with Gasteiger partial charge in [0.25, 0.3) is 0 Å². The molecule has 0 aromatic heterocycles. The number of ether oxygens (including phenoxy) is 2. The van der Waals surface area contributed by atoms with E-state index in [1.54, 1.807) is 20.8 Å². The molecule has 2 fully saturated rings. The first kappa shape index (κ1) is 18.5. The first-order chi connectivity index (χ1) is 11.2. The number of hydrogen-bond donors (Lipinski definition) is 2. The summed E-state index contributed by atoms with van der Waals surface area (Å²) in [6.07, 6.45) is 2.50. The van der Waals surface area contributed by atoms with Crippen molar-refractivity contribution in [3.05, 3.63) is 0 Å². The topological polar surface area (TPSA) is 97.0 Å². The number of nitrogens with one attached hydrogen (secondary N) is 2. The summed E-state index contributed by atoms with van der Waals surface area (Å²) < 4.78 is 10.6. The van der Waals surface area contributed by atoms with Gasteiger partial charge in [-0.15, -0.1) is 0 Å². The van der Waals surface area contributed by atoms with Crippen LogP contribution in [-0.4, -0.2) is 54.3 Å². The third-order valence-corrected chi connectivity index (χ3v) is 3.91. The number of carbonyl (C=O) groups is 3. The van der Waals surface area contributed by atoms with Crippen LogP contribution >= 0.6 is 0 Å². The van der Waals surface area contributed by atoms with Crippen LogP contribution in [0.15, 0.2) is 0 Å². The molecule has 2 atom stereocenters. The lowest BCUT2D eigenvalue weighted by molar-refractivity contribution is -0.130. The van der Waals surface area contributed by atoms with Crippen molar-refractivity contribution < 1.29 is 23.9 Å². The fourth-order valence-electron chi connectivity index (χ4n) is 2.78. The van der Waals surface area contributed by atoms with Crippen molar-refractivity contribution in [3.63, 3.8) is 0 Å². The quantitative estimate of drug-likeness (QED) is 0.776. The Morgan fingerprint density at radius 3 is 2.75 bits per heavy atom. The maximum absolute atomic E-state index is 12.2. The molecule has 0 spiro atoms. The maximum Gasteiger partial charge on any atom is 0.426 e. The summed E-state index contributed by atoms with van der Waals surface area (Å²) in [5, 5.41) is 3.99. The van der Waals surface area contributed by atoms with Crippen LogP contribution in [0.1, 0.15) is 46.5 Å². The molecule has 8 nitrogen and oxygen atoms in total. The number of amides is 3. The van der Waals surface area contributed by atoms with Crippen molar-refractivity contribution in [1.82, 2.24) is 15.8 Å². The second-order valence-corrected chi connectivity index (χ2v) is 7.23. The van der Waals surface area contributed by atoms with Gasteiger partial charge in [-0.3, -0.25) is 14.6 Å². The minimum atomic E-state index is -0.699. The molecule has 2 N–H and O–H groups in total. The minimum absolute atomic E-state index is 0.0849. The van der Waals surface area contributed by atoms with Gasteiger partial charge in [0.15, 0.2) is 0 Å². The van der Waals surface area contributed by atoms with Crippen LogP contribution in [-0.2, 0) is 19.1 Å². The van der Waals surface area contributed by atoms with E-state index in [1.807, 2.05) is 0 Å². The van der Waals surface area contributed by atoms with Crippen LogP contribution in [0.5, 0.6) is 0 Å². The summed E-state index contributed by atoms with van der Waals surface area (Å²) in [6, 6.07) is 0. The number of carbonyl (C=O) groups excluding carboxylic acids is 3. The SMILES string of the molecule is CC(C)(C)OC(=O)NN1CC(C(=O)NCCC2CCCO2)CC1=O. The number of hydrazine groups is 1. The molecule has 2 unspecified atom stereocenters. The van der Waals surface area contributed by atoms with E-state index in [2.05, 4.69) is 10.7 Å². The maximum atomic E-state index is 12.2. The van der Waals surface area contributed by atoms with Crippen LogP contribution in [0, 0.1) is 5.92 Å². The Balaban J connectivity index is 1.72. The largest absolute Gasteiger partial charge is 0.443 e. The summed E-state index contributed by atoms with van der Waals surface area (Å²) in [6.45, 7) is 6.70. The van der Waals surface area contributed by atoms with E-state index >= 15 is 0 Å². The van der Waals surface area contributed by atoms with E-state index in [1.165, 1.54) is 0 Å². The van der Waals surface area contributed by atoms with E-state index < -0.39 is 17.6 Å². The van der Waals surface area contributed by atoms with Crippen molar-refractivity contribution in [1.29, 1.82) is 0 Å². The van der Waals surface area contributed by atoms with Crippen molar-refractivity contribution in [3.8, 4) is 0 Å². The molecule has 2 aliphatic rings. The molecule has 136 valence electrons. The van der Waals surface area contributed by atoms with Gasteiger partial charge in [0.2, 0.25) is 11.8 Å². The molecular formula is C16H27N3O5. The van der Waals surface area contributed by atoms with E-state index in [-0.39, 0.29) is 30.9 Å². The molecule has 2 saturated heterocycles. The minimum Gasteiger partial charge on any atom is -0.443 e. The number of rotatable bonds is 5. The van der Waals surface area contributed by atoms with Gasteiger partial charge in [0.05, 0.1) is 18.6 Å². The van der Waals surface area contributed by atoms with Gasteiger partial charge < -0.3 is 14.8 Å². The van der Waals surface area contributed by atoms with Crippen LogP contribution in [0.3, 0.4) is 0 Å². The highest BCUT2D eigenvalue weighted by molar-refractivity contribution is 5.90. The summed E-state index contributed by atoms with van der Waals surface area (Å²) >= 11 is 0. The first-order valence-electron chi connectivity index (χ1n) is 8.44. The van der Waals surface area contributed by atoms with Gasteiger partial charge in [-0.05, 0) is 40.0 Å². The molecule has 0 aromatic rings. The highest BCUT2D eigenvalue weighted by Gasteiger charge is 2.36. The van der Waals surface area contributed by atoms with Crippen LogP contribution in [0.2, 0.25) is 0 Å². The van der Waals surface area contributed by atoms with Gasteiger partial charge in [-0.1, -0.05) is 0 Å². The first-order valence-corrected chi connectivity index (χ1v) is 8.44. The Hall–Kier alpha value is -1.83. The summed E-state index contributed by atoms with van der Waals surface area (Å²) in [5.74, 6) is -0.924. The van der Waals surface area contributed by atoms with Gasteiger partial charge in [-0.2, -0.15) is 0 Å². The molecule has 0 bridgehead atoms. The van der Waals surface area contributed by atoms with Crippen molar-refractivity contribution in [2.45, 2.75) is 58.2 Å². The number of hydrogen-bond acceptors (Lipinski definition) is 5. The molecule has 0 aliphatic carbocycles. The average molecular weight is 341 g/mol. The highest BCUT2D eigenvalue weighted by Crippen LogP contribution is 2.18. The second-order valence-electron chi connectivity index (χ2n) is 7.23. The summed E-state index contributed by atoms with van der Waals surface area (Å²) in [4.78, 5) is 35.8. The van der Waals surface area contributed by atoms with Crippen molar-refractivity contribution >= 4 is 17.9 Å². The van der Waals surface area contributed by atoms with Crippen LogP contribution < -0.4 is 10.7 Å². The highest BCUT2D eigenvalue weighted by atomic mass is 16.6. The molecule has 8 heteroatoms. The zero-order valence-corrected chi connectivity index (χ0v) is 14.6. The third kappa shape index (κ3) is 5.67. The molecule has 2 aliphatic heterocycles. The van der Waals surface area contributed by atoms with Gasteiger partial charge in [-0.25, -0.2) is 10.2 Å². The lowest BCUT2D eigenvalue weighted by atomic mass is 10.1. The summed E-state index contributed by atoms with van der Waals surface area (Å²) in [7, 11) is 0. The van der Waals surface area contributed by atoms with E-state index in [0.29, 0.717) is 6.54 Å². The lowest BCUT2D eigenvalue weighted by Gasteiger charge is -2.23. The zero-order chi connectivity index (χ0) is 17.7. The predicted molar refractivity (Wildman–Crippen MR) is 85.8 cm³/mol. The summed E-state index contributed by atoms with van der Waals surface area (Å²) in [5.41, 5.74) is 1.75. The van der Waals surface area contributed by atoms with Gasteiger partial charge >= 0.3 is 6.09 Å². The Morgan fingerprint density at radius 1 is 1.38 bits per heavy atom. The Kier molecular flexibility index (Phi) is 6.04.